The van der Waals surface area contributed by atoms with E-state index in [4.69, 9.17) is 0 Å². The summed E-state index contributed by atoms with van der Waals surface area (Å²) in [4.78, 5) is 0. The van der Waals surface area contributed by atoms with Crippen molar-refractivity contribution in [2.24, 2.45) is 0 Å². The van der Waals surface area contributed by atoms with Gasteiger partial charge in [0.1, 0.15) is 0 Å². The van der Waals surface area contributed by atoms with E-state index in [1.54, 1.807) is 0 Å². The van der Waals surface area contributed by atoms with Crippen molar-refractivity contribution in [1.29, 1.82) is 0 Å². The summed E-state index contributed by atoms with van der Waals surface area (Å²) < 4.78 is 0. The Hall–Kier alpha value is 3.02. The molecule has 0 rings (SSSR count). The minimum absolute atomic E-state index is 0. The molecule has 0 saturated carbocycles. The first kappa shape index (κ1) is 43.3. The Morgan fingerprint density at radius 2 is 0.600 bits per heavy atom. The summed E-state index contributed by atoms with van der Waals surface area (Å²) in [5, 5.41) is 0. The maximum absolute atomic E-state index is 0. The minimum atomic E-state index is 0. The molecule has 0 atom stereocenters. The Bertz CT molecular complexity index is 6.85. The van der Waals surface area contributed by atoms with Gasteiger partial charge < -0.3 is 77.4 Å². The van der Waals surface area contributed by atoms with Crippen molar-refractivity contribution in [2.45, 2.75) is 0 Å². The molecular formula is H2I3InO. The molecule has 0 amide bonds. The number of halogens is 3. The van der Waals surface area contributed by atoms with E-state index in [2.05, 4.69) is 0 Å². The standard InChI is InChI=1S/3HI.In.H2O/h3*1H;;1H2/q;;;+3;/p-3. The Labute approximate surface area is 101 Å². The first-order valence-electron chi connectivity index (χ1n) is 0. The molecule has 0 heterocycles. The normalized spacial score (nSPS) is 0. The van der Waals surface area contributed by atoms with Crippen LogP contribution in [-0.4, -0.2) is 31.3 Å². The van der Waals surface area contributed by atoms with Gasteiger partial charge in [0.05, 0.1) is 0 Å². The third-order valence-electron chi connectivity index (χ3n) is 0. The molecule has 0 unspecified atom stereocenters. The van der Waals surface area contributed by atoms with Crippen LogP contribution >= 0.6 is 0 Å². The second kappa shape index (κ2) is 27.9. The molecule has 0 aliphatic carbocycles. The van der Waals surface area contributed by atoms with Crippen LogP contribution in [0.5, 0.6) is 0 Å². The van der Waals surface area contributed by atoms with Crippen molar-refractivity contribution in [1.82, 2.24) is 0 Å². The van der Waals surface area contributed by atoms with Gasteiger partial charge in [-0.05, 0) is 0 Å². The predicted molar refractivity (Wildman–Crippen MR) is 9.37 cm³/mol. The van der Waals surface area contributed by atoms with Crippen LogP contribution in [0.3, 0.4) is 0 Å². The van der Waals surface area contributed by atoms with Gasteiger partial charge in [0.25, 0.3) is 0 Å². The summed E-state index contributed by atoms with van der Waals surface area (Å²) in [6, 6.07) is 0. The fourth-order valence-corrected chi connectivity index (χ4v) is 0. The minimum Gasteiger partial charge on any atom is -1.00 e. The summed E-state index contributed by atoms with van der Waals surface area (Å²) >= 11 is 0. The third-order valence-corrected chi connectivity index (χ3v) is 0. The summed E-state index contributed by atoms with van der Waals surface area (Å²) in [5.74, 6) is 0. The van der Waals surface area contributed by atoms with Crippen LogP contribution in [-0.2, 0) is 0 Å². The third kappa shape index (κ3) is 19.4. The molecular weight excluding hydrogens is 512 g/mol. The molecule has 5 heavy (non-hydrogen) atoms. The zero-order chi connectivity index (χ0) is 0. The largest absolute Gasteiger partial charge is 3.00 e. The van der Waals surface area contributed by atoms with Crippen molar-refractivity contribution in [3.63, 3.8) is 0 Å². The van der Waals surface area contributed by atoms with E-state index in [1.165, 1.54) is 0 Å². The molecule has 0 aliphatic heterocycles. The number of rotatable bonds is 0. The average Bonchev–Trinajstić information content (AvgIpc) is 0. The van der Waals surface area contributed by atoms with Crippen LogP contribution in [0, 0.1) is 0 Å². The van der Waals surface area contributed by atoms with Crippen molar-refractivity contribution < 1.29 is 77.4 Å². The van der Waals surface area contributed by atoms with Crippen molar-refractivity contribution >= 4 is 25.8 Å². The van der Waals surface area contributed by atoms with Gasteiger partial charge in [-0.25, -0.2) is 0 Å². The van der Waals surface area contributed by atoms with Crippen LogP contribution in [0.1, 0.15) is 0 Å². The maximum atomic E-state index is 0. The van der Waals surface area contributed by atoms with Gasteiger partial charge in [-0.2, -0.15) is 0 Å². The van der Waals surface area contributed by atoms with Gasteiger partial charge in [0.2, 0.25) is 0 Å². The Morgan fingerprint density at radius 3 is 0.600 bits per heavy atom. The molecule has 1 nitrogen and oxygen atoms in total. The topological polar surface area (TPSA) is 31.5 Å². The van der Waals surface area contributed by atoms with Crippen molar-refractivity contribution in [3.8, 4) is 0 Å². The second-order valence-corrected chi connectivity index (χ2v) is 0. The predicted octanol–water partition coefficient (Wildman–Crippen LogP) is -10.2. The molecule has 0 aromatic rings. The zero-order valence-electron chi connectivity index (χ0n) is 2.21. The Kier molecular flexibility index (Phi) is 242. The van der Waals surface area contributed by atoms with E-state index >= 15 is 0 Å². The van der Waals surface area contributed by atoms with Gasteiger partial charge in [0.15, 0.2) is 0 Å². The molecule has 0 fully saturated rings. The monoisotopic (exact) mass is 514 g/mol. The van der Waals surface area contributed by atoms with Crippen molar-refractivity contribution in [3.05, 3.63) is 0 Å². The first-order valence-corrected chi connectivity index (χ1v) is 0. The molecule has 0 aromatic carbocycles. The molecule has 5 heteroatoms. The Morgan fingerprint density at radius 1 is 0.600 bits per heavy atom. The fourth-order valence-electron chi connectivity index (χ4n) is 0. The first-order chi connectivity index (χ1) is 0. The average molecular weight is 514 g/mol. The summed E-state index contributed by atoms with van der Waals surface area (Å²) in [6.07, 6.45) is 0. The summed E-state index contributed by atoms with van der Waals surface area (Å²) in [7, 11) is 0. The molecule has 0 radical (unpaired) electrons. The molecule has 32 valence electrons. The molecule has 0 spiro atoms. The van der Waals surface area contributed by atoms with Crippen LogP contribution in [0.2, 0.25) is 0 Å². The van der Waals surface area contributed by atoms with E-state index in [-0.39, 0.29) is 103 Å². The molecule has 0 aromatic heterocycles. The quantitative estimate of drug-likeness (QED) is 0.289. The van der Waals surface area contributed by atoms with E-state index in [1.807, 2.05) is 0 Å². The van der Waals surface area contributed by atoms with Crippen LogP contribution < -0.4 is 71.9 Å². The van der Waals surface area contributed by atoms with E-state index in [0.717, 1.165) is 0 Å². The van der Waals surface area contributed by atoms with Gasteiger partial charge in [-0.1, -0.05) is 0 Å². The van der Waals surface area contributed by atoms with E-state index in [0.29, 0.717) is 0 Å². The second-order valence-electron chi connectivity index (χ2n) is 0. The number of hydrogen-bond donors (Lipinski definition) is 0. The van der Waals surface area contributed by atoms with E-state index < -0.39 is 0 Å². The molecule has 2 N–H and O–H groups in total. The number of hydrogen-bond acceptors (Lipinski definition) is 0. The van der Waals surface area contributed by atoms with Gasteiger partial charge >= 0.3 is 25.8 Å². The molecule has 0 bridgehead atoms. The molecule has 0 aliphatic rings. The molecule has 0 saturated heterocycles. The maximum Gasteiger partial charge on any atom is 3.00 e. The van der Waals surface area contributed by atoms with Gasteiger partial charge in [0, 0.05) is 0 Å². The SMILES string of the molecule is O.[I-].[I-].[I-].[In+3]. The van der Waals surface area contributed by atoms with Crippen LogP contribution in [0.25, 0.3) is 0 Å². The van der Waals surface area contributed by atoms with Gasteiger partial charge in [-0.3, -0.25) is 0 Å². The summed E-state index contributed by atoms with van der Waals surface area (Å²) in [6.45, 7) is 0. The van der Waals surface area contributed by atoms with E-state index in [9.17, 15) is 0 Å². The van der Waals surface area contributed by atoms with Crippen LogP contribution in [0.15, 0.2) is 0 Å². The van der Waals surface area contributed by atoms with Crippen LogP contribution in [0.4, 0.5) is 0 Å². The smallest absolute Gasteiger partial charge is 1.00 e. The Balaban J connectivity index is 0. The van der Waals surface area contributed by atoms with Gasteiger partial charge in [-0.15, -0.1) is 0 Å². The zero-order valence-corrected chi connectivity index (χ0v) is 12.0. The van der Waals surface area contributed by atoms with Crippen molar-refractivity contribution in [2.75, 3.05) is 0 Å². The summed E-state index contributed by atoms with van der Waals surface area (Å²) in [5.41, 5.74) is 0. The fraction of sp³-hybridized carbons (Fsp3) is 0.